The first-order valence-corrected chi connectivity index (χ1v) is 5.33. The van der Waals surface area contributed by atoms with Gasteiger partial charge in [-0.15, -0.1) is 10.2 Å². The van der Waals surface area contributed by atoms with Crippen molar-refractivity contribution in [3.8, 4) is 23.0 Å². The highest BCUT2D eigenvalue weighted by molar-refractivity contribution is 5.59. The smallest absolute Gasteiger partial charge is 0.247 e. The van der Waals surface area contributed by atoms with Crippen LogP contribution in [0.3, 0.4) is 0 Å². The third-order valence-electron chi connectivity index (χ3n) is 2.40. The van der Waals surface area contributed by atoms with E-state index in [-0.39, 0.29) is 0 Å². The van der Waals surface area contributed by atoms with Gasteiger partial charge in [0.2, 0.25) is 11.8 Å². The SMILES string of the molecule is CCc1nnc(-c2ccc(OC)c(OC)c2)o1. The molecule has 1 heterocycles. The van der Waals surface area contributed by atoms with Crippen molar-refractivity contribution in [3.63, 3.8) is 0 Å². The second-order valence-electron chi connectivity index (χ2n) is 3.42. The minimum absolute atomic E-state index is 0.489. The number of hydrogen-bond acceptors (Lipinski definition) is 5. The Kier molecular flexibility index (Phi) is 3.27. The Morgan fingerprint density at radius 3 is 2.47 bits per heavy atom. The molecule has 90 valence electrons. The predicted octanol–water partition coefficient (Wildman–Crippen LogP) is 2.32. The van der Waals surface area contributed by atoms with Gasteiger partial charge < -0.3 is 13.9 Å². The van der Waals surface area contributed by atoms with E-state index in [1.165, 1.54) is 0 Å². The summed E-state index contributed by atoms with van der Waals surface area (Å²) in [5.41, 5.74) is 0.815. The van der Waals surface area contributed by atoms with Crippen LogP contribution in [0.4, 0.5) is 0 Å². The van der Waals surface area contributed by atoms with Crippen molar-refractivity contribution in [2.24, 2.45) is 0 Å². The molecule has 1 aromatic heterocycles. The molecule has 5 nitrogen and oxygen atoms in total. The Bertz CT molecular complexity index is 508. The molecule has 5 heteroatoms. The largest absolute Gasteiger partial charge is 0.493 e. The summed E-state index contributed by atoms with van der Waals surface area (Å²) >= 11 is 0. The van der Waals surface area contributed by atoms with Crippen LogP contribution in [0.15, 0.2) is 22.6 Å². The van der Waals surface area contributed by atoms with E-state index < -0.39 is 0 Å². The van der Waals surface area contributed by atoms with E-state index in [0.717, 1.165) is 12.0 Å². The molecule has 0 bridgehead atoms. The van der Waals surface area contributed by atoms with E-state index >= 15 is 0 Å². The van der Waals surface area contributed by atoms with Crippen molar-refractivity contribution in [2.45, 2.75) is 13.3 Å². The summed E-state index contributed by atoms with van der Waals surface area (Å²) in [5.74, 6) is 2.42. The van der Waals surface area contributed by atoms with Crippen LogP contribution >= 0.6 is 0 Å². The lowest BCUT2D eigenvalue weighted by molar-refractivity contribution is 0.355. The predicted molar refractivity (Wildman–Crippen MR) is 62.2 cm³/mol. The fourth-order valence-electron chi connectivity index (χ4n) is 1.48. The zero-order valence-electron chi connectivity index (χ0n) is 10.1. The monoisotopic (exact) mass is 234 g/mol. The van der Waals surface area contributed by atoms with E-state index in [1.807, 2.05) is 25.1 Å². The number of benzene rings is 1. The van der Waals surface area contributed by atoms with E-state index in [9.17, 15) is 0 Å². The zero-order valence-corrected chi connectivity index (χ0v) is 10.1. The molecule has 0 N–H and O–H groups in total. The van der Waals surface area contributed by atoms with E-state index in [0.29, 0.717) is 23.3 Å². The van der Waals surface area contributed by atoms with Gasteiger partial charge >= 0.3 is 0 Å². The molecule has 0 radical (unpaired) electrons. The molecule has 0 fully saturated rings. The molecule has 0 amide bonds. The molecular formula is C12H14N2O3. The molecule has 0 aliphatic carbocycles. The zero-order chi connectivity index (χ0) is 12.3. The van der Waals surface area contributed by atoms with Crippen LogP contribution in [0.1, 0.15) is 12.8 Å². The quantitative estimate of drug-likeness (QED) is 0.812. The van der Waals surface area contributed by atoms with Gasteiger partial charge in [-0.1, -0.05) is 6.92 Å². The summed E-state index contributed by atoms with van der Waals surface area (Å²) in [7, 11) is 3.19. The molecule has 0 atom stereocenters. The van der Waals surface area contributed by atoms with Crippen molar-refractivity contribution in [1.82, 2.24) is 10.2 Å². The third kappa shape index (κ3) is 2.22. The van der Waals surface area contributed by atoms with Gasteiger partial charge in [-0.2, -0.15) is 0 Å². The maximum absolute atomic E-state index is 5.47. The van der Waals surface area contributed by atoms with Crippen LogP contribution in [-0.2, 0) is 6.42 Å². The van der Waals surface area contributed by atoms with Gasteiger partial charge in [0.25, 0.3) is 0 Å². The lowest BCUT2D eigenvalue weighted by atomic mass is 10.2. The fourth-order valence-corrected chi connectivity index (χ4v) is 1.48. The van der Waals surface area contributed by atoms with Gasteiger partial charge in [-0.3, -0.25) is 0 Å². The lowest BCUT2D eigenvalue weighted by Crippen LogP contribution is -1.90. The standard InChI is InChI=1S/C12H14N2O3/c1-4-11-13-14-12(17-11)8-5-6-9(15-2)10(7-8)16-3/h5-7H,4H2,1-3H3. The first-order valence-electron chi connectivity index (χ1n) is 5.33. The van der Waals surface area contributed by atoms with Crippen LogP contribution in [0.5, 0.6) is 11.5 Å². The van der Waals surface area contributed by atoms with Crippen LogP contribution in [0.2, 0.25) is 0 Å². The van der Waals surface area contributed by atoms with Gasteiger partial charge in [-0.25, -0.2) is 0 Å². The minimum Gasteiger partial charge on any atom is -0.493 e. The minimum atomic E-state index is 0.489. The molecule has 2 aromatic rings. The fraction of sp³-hybridized carbons (Fsp3) is 0.333. The summed E-state index contributed by atoms with van der Waals surface area (Å²) in [4.78, 5) is 0. The third-order valence-corrected chi connectivity index (χ3v) is 2.40. The van der Waals surface area contributed by atoms with Crippen molar-refractivity contribution in [2.75, 3.05) is 14.2 Å². The lowest BCUT2D eigenvalue weighted by Gasteiger charge is -2.07. The molecule has 0 aliphatic rings. The average molecular weight is 234 g/mol. The van der Waals surface area contributed by atoms with Crippen LogP contribution in [0, 0.1) is 0 Å². The van der Waals surface area contributed by atoms with E-state index in [2.05, 4.69) is 10.2 Å². The van der Waals surface area contributed by atoms with Gasteiger partial charge in [0.1, 0.15) is 0 Å². The number of nitrogens with zero attached hydrogens (tertiary/aromatic N) is 2. The number of hydrogen-bond donors (Lipinski definition) is 0. The number of ether oxygens (including phenoxy) is 2. The normalized spacial score (nSPS) is 10.3. The Morgan fingerprint density at radius 1 is 1.12 bits per heavy atom. The number of aromatic nitrogens is 2. The highest BCUT2D eigenvalue weighted by Gasteiger charge is 2.11. The van der Waals surface area contributed by atoms with Crippen LogP contribution in [0.25, 0.3) is 11.5 Å². The maximum atomic E-state index is 5.47. The summed E-state index contributed by atoms with van der Waals surface area (Å²) < 4.78 is 15.9. The first-order chi connectivity index (χ1) is 8.28. The highest BCUT2D eigenvalue weighted by atomic mass is 16.5. The summed E-state index contributed by atoms with van der Waals surface area (Å²) in [6.45, 7) is 1.96. The van der Waals surface area contributed by atoms with Gasteiger partial charge in [0.15, 0.2) is 11.5 Å². The van der Waals surface area contributed by atoms with Gasteiger partial charge in [-0.05, 0) is 18.2 Å². The Hall–Kier alpha value is -2.04. The Morgan fingerprint density at radius 2 is 1.88 bits per heavy atom. The number of rotatable bonds is 4. The second kappa shape index (κ2) is 4.86. The van der Waals surface area contributed by atoms with Crippen molar-refractivity contribution >= 4 is 0 Å². The average Bonchev–Trinajstić information content (AvgIpc) is 2.86. The van der Waals surface area contributed by atoms with E-state index in [1.54, 1.807) is 14.2 Å². The molecule has 1 aromatic carbocycles. The van der Waals surface area contributed by atoms with Crippen molar-refractivity contribution in [1.29, 1.82) is 0 Å². The van der Waals surface area contributed by atoms with Gasteiger partial charge in [0, 0.05) is 12.0 Å². The molecular weight excluding hydrogens is 220 g/mol. The van der Waals surface area contributed by atoms with Gasteiger partial charge in [0.05, 0.1) is 14.2 Å². The van der Waals surface area contributed by atoms with Crippen molar-refractivity contribution in [3.05, 3.63) is 24.1 Å². The molecule has 2 rings (SSSR count). The summed E-state index contributed by atoms with van der Waals surface area (Å²) in [6.07, 6.45) is 0.723. The maximum Gasteiger partial charge on any atom is 0.247 e. The molecule has 0 unspecified atom stereocenters. The summed E-state index contributed by atoms with van der Waals surface area (Å²) in [5, 5.41) is 7.90. The molecule has 0 aliphatic heterocycles. The van der Waals surface area contributed by atoms with Crippen LogP contribution < -0.4 is 9.47 Å². The Labute approximate surface area is 99.4 Å². The molecule has 0 spiro atoms. The number of aryl methyl sites for hydroxylation is 1. The molecule has 0 saturated carbocycles. The summed E-state index contributed by atoms with van der Waals surface area (Å²) in [6, 6.07) is 5.48. The molecule has 0 saturated heterocycles. The van der Waals surface area contributed by atoms with Crippen LogP contribution in [-0.4, -0.2) is 24.4 Å². The van der Waals surface area contributed by atoms with Crippen molar-refractivity contribution < 1.29 is 13.9 Å². The Balaban J connectivity index is 2.38. The van der Waals surface area contributed by atoms with E-state index in [4.69, 9.17) is 13.9 Å². The second-order valence-corrected chi connectivity index (χ2v) is 3.42. The number of methoxy groups -OCH3 is 2. The highest BCUT2D eigenvalue weighted by Crippen LogP contribution is 2.31. The topological polar surface area (TPSA) is 57.4 Å². The first kappa shape index (κ1) is 11.4. The molecule has 17 heavy (non-hydrogen) atoms.